The molecule has 0 aromatic carbocycles. The summed E-state index contributed by atoms with van der Waals surface area (Å²) in [6, 6.07) is 0.712. The van der Waals surface area contributed by atoms with Crippen molar-refractivity contribution in [2.75, 3.05) is 20.3 Å². The molecule has 0 bridgehead atoms. The molecule has 4 unspecified atom stereocenters. The number of aliphatic hydroxyl groups excluding tert-OH is 1. The van der Waals surface area contributed by atoms with Crippen LogP contribution in [0.3, 0.4) is 0 Å². The summed E-state index contributed by atoms with van der Waals surface area (Å²) in [5.74, 6) is 0.784. The van der Waals surface area contributed by atoms with Gasteiger partial charge in [-0.15, -0.1) is 0 Å². The largest absolute Gasteiger partial charge is 0.391 e. The molecule has 0 spiro atoms. The normalized spacial score (nSPS) is 31.8. The average molecular weight is 243 g/mol. The van der Waals surface area contributed by atoms with Crippen LogP contribution in [-0.2, 0) is 4.74 Å². The Morgan fingerprint density at radius 1 is 1.35 bits per heavy atom. The van der Waals surface area contributed by atoms with Crippen LogP contribution in [0, 0.1) is 5.92 Å². The van der Waals surface area contributed by atoms with Gasteiger partial charge in [-0.3, -0.25) is 4.90 Å². The summed E-state index contributed by atoms with van der Waals surface area (Å²) in [5.41, 5.74) is 0. The zero-order valence-corrected chi connectivity index (χ0v) is 11.9. The molecule has 1 aliphatic rings. The Morgan fingerprint density at radius 3 is 2.59 bits per heavy atom. The number of ether oxygens (including phenoxy) is 1. The van der Waals surface area contributed by atoms with Crippen molar-refractivity contribution in [1.82, 2.24) is 4.90 Å². The second-order valence-corrected chi connectivity index (χ2v) is 5.36. The smallest absolute Gasteiger partial charge is 0.0695 e. The molecule has 1 saturated carbocycles. The van der Waals surface area contributed by atoms with E-state index in [9.17, 15) is 5.11 Å². The first-order valence-electron chi connectivity index (χ1n) is 7.06. The van der Waals surface area contributed by atoms with E-state index in [1.54, 1.807) is 7.11 Å². The van der Waals surface area contributed by atoms with Gasteiger partial charge in [-0.05, 0) is 38.6 Å². The highest BCUT2D eigenvalue weighted by Crippen LogP contribution is 2.30. The Labute approximate surface area is 106 Å². The third-order valence-electron chi connectivity index (χ3n) is 4.23. The van der Waals surface area contributed by atoms with Crippen molar-refractivity contribution < 1.29 is 9.84 Å². The molecule has 17 heavy (non-hydrogen) atoms. The van der Waals surface area contributed by atoms with Gasteiger partial charge >= 0.3 is 0 Å². The fourth-order valence-electron chi connectivity index (χ4n) is 3.15. The molecule has 0 aromatic rings. The lowest BCUT2D eigenvalue weighted by Crippen LogP contribution is -2.52. The van der Waals surface area contributed by atoms with E-state index in [2.05, 4.69) is 25.7 Å². The van der Waals surface area contributed by atoms with E-state index >= 15 is 0 Å². The van der Waals surface area contributed by atoms with Crippen molar-refractivity contribution in [3.05, 3.63) is 0 Å². The highest BCUT2D eigenvalue weighted by molar-refractivity contribution is 4.88. The van der Waals surface area contributed by atoms with Crippen molar-refractivity contribution >= 4 is 0 Å². The van der Waals surface area contributed by atoms with E-state index < -0.39 is 0 Å². The van der Waals surface area contributed by atoms with E-state index in [1.807, 2.05) is 0 Å². The van der Waals surface area contributed by atoms with Crippen LogP contribution in [0.2, 0.25) is 0 Å². The first-order valence-corrected chi connectivity index (χ1v) is 7.06. The number of hydrogen-bond donors (Lipinski definition) is 1. The van der Waals surface area contributed by atoms with Crippen molar-refractivity contribution in [3.63, 3.8) is 0 Å². The summed E-state index contributed by atoms with van der Waals surface area (Å²) in [6.45, 7) is 8.36. The van der Waals surface area contributed by atoms with E-state index in [-0.39, 0.29) is 6.10 Å². The van der Waals surface area contributed by atoms with Crippen molar-refractivity contribution in [3.8, 4) is 0 Å². The van der Waals surface area contributed by atoms with Gasteiger partial charge in [-0.25, -0.2) is 0 Å². The number of likely N-dealkylation sites (N-methyl/N-ethyl adjacent to an activating group) is 1. The SMILES string of the molecule is CCC1CCC(O)C(N(CC)C(C)COC)C1. The second kappa shape index (κ2) is 7.34. The van der Waals surface area contributed by atoms with Gasteiger partial charge in [0.1, 0.15) is 0 Å². The molecule has 102 valence electrons. The zero-order chi connectivity index (χ0) is 12.8. The van der Waals surface area contributed by atoms with Crippen LogP contribution in [0.15, 0.2) is 0 Å². The summed E-state index contributed by atoms with van der Waals surface area (Å²) in [5, 5.41) is 10.2. The minimum atomic E-state index is -0.156. The monoisotopic (exact) mass is 243 g/mol. The first kappa shape index (κ1) is 14.9. The maximum atomic E-state index is 10.2. The fourth-order valence-corrected chi connectivity index (χ4v) is 3.15. The Hall–Kier alpha value is -0.120. The summed E-state index contributed by atoms with van der Waals surface area (Å²) in [7, 11) is 1.75. The number of nitrogens with zero attached hydrogens (tertiary/aromatic N) is 1. The molecule has 3 nitrogen and oxygen atoms in total. The molecule has 0 aromatic heterocycles. The second-order valence-electron chi connectivity index (χ2n) is 5.36. The van der Waals surface area contributed by atoms with Gasteiger partial charge in [0.2, 0.25) is 0 Å². The predicted octanol–water partition coefficient (Wildman–Crippen LogP) is 2.28. The highest BCUT2D eigenvalue weighted by atomic mass is 16.5. The molecular weight excluding hydrogens is 214 g/mol. The minimum Gasteiger partial charge on any atom is -0.391 e. The van der Waals surface area contributed by atoms with Crippen molar-refractivity contribution in [2.24, 2.45) is 5.92 Å². The van der Waals surface area contributed by atoms with Crippen LogP contribution < -0.4 is 0 Å². The summed E-state index contributed by atoms with van der Waals surface area (Å²) in [6.07, 6.45) is 4.36. The maximum absolute atomic E-state index is 10.2. The van der Waals surface area contributed by atoms with Crippen LogP contribution in [0.5, 0.6) is 0 Å². The summed E-state index contributed by atoms with van der Waals surface area (Å²) in [4.78, 5) is 2.41. The quantitative estimate of drug-likeness (QED) is 0.777. The van der Waals surface area contributed by atoms with E-state index in [1.165, 1.54) is 12.8 Å². The maximum Gasteiger partial charge on any atom is 0.0695 e. The Balaban J connectivity index is 2.64. The van der Waals surface area contributed by atoms with E-state index in [0.717, 1.165) is 31.9 Å². The molecule has 1 rings (SSSR count). The molecule has 0 saturated heterocycles. The number of hydrogen-bond acceptors (Lipinski definition) is 3. The molecule has 0 amide bonds. The van der Waals surface area contributed by atoms with Crippen LogP contribution in [0.4, 0.5) is 0 Å². The number of methoxy groups -OCH3 is 1. The number of aliphatic hydroxyl groups is 1. The lowest BCUT2D eigenvalue weighted by Gasteiger charge is -2.42. The molecule has 4 atom stereocenters. The Kier molecular flexibility index (Phi) is 6.45. The van der Waals surface area contributed by atoms with Gasteiger partial charge in [-0.2, -0.15) is 0 Å². The molecule has 3 heteroatoms. The number of rotatable bonds is 6. The topological polar surface area (TPSA) is 32.7 Å². The van der Waals surface area contributed by atoms with Gasteiger partial charge < -0.3 is 9.84 Å². The van der Waals surface area contributed by atoms with Crippen LogP contribution in [0.25, 0.3) is 0 Å². The standard InChI is InChI=1S/C14H29NO2/c1-5-12-7-8-14(16)13(9-12)15(6-2)11(3)10-17-4/h11-14,16H,5-10H2,1-4H3. The van der Waals surface area contributed by atoms with Crippen molar-refractivity contribution in [1.29, 1.82) is 0 Å². The zero-order valence-electron chi connectivity index (χ0n) is 11.9. The first-order chi connectivity index (χ1) is 8.13. The molecular formula is C14H29NO2. The van der Waals surface area contributed by atoms with Crippen molar-refractivity contribution in [2.45, 2.75) is 64.6 Å². The molecule has 1 aliphatic carbocycles. The van der Waals surface area contributed by atoms with Crippen LogP contribution in [-0.4, -0.2) is 48.5 Å². The lowest BCUT2D eigenvalue weighted by molar-refractivity contribution is -0.0258. The minimum absolute atomic E-state index is 0.156. The van der Waals surface area contributed by atoms with Gasteiger partial charge in [-0.1, -0.05) is 20.3 Å². The Bertz CT molecular complexity index is 210. The molecule has 1 fully saturated rings. The van der Waals surface area contributed by atoms with Gasteiger partial charge in [0.25, 0.3) is 0 Å². The average Bonchev–Trinajstić information content (AvgIpc) is 2.33. The van der Waals surface area contributed by atoms with Gasteiger partial charge in [0.15, 0.2) is 0 Å². The predicted molar refractivity (Wildman–Crippen MR) is 71.1 cm³/mol. The van der Waals surface area contributed by atoms with Crippen LogP contribution in [0.1, 0.15) is 46.5 Å². The Morgan fingerprint density at radius 2 is 2.06 bits per heavy atom. The highest BCUT2D eigenvalue weighted by Gasteiger charge is 2.33. The van der Waals surface area contributed by atoms with E-state index in [4.69, 9.17) is 4.74 Å². The molecule has 0 aliphatic heterocycles. The van der Waals surface area contributed by atoms with E-state index in [0.29, 0.717) is 12.1 Å². The van der Waals surface area contributed by atoms with Crippen LogP contribution >= 0.6 is 0 Å². The summed E-state index contributed by atoms with van der Waals surface area (Å²) < 4.78 is 5.24. The van der Waals surface area contributed by atoms with Gasteiger partial charge in [0, 0.05) is 19.2 Å². The third-order valence-corrected chi connectivity index (χ3v) is 4.23. The fraction of sp³-hybridized carbons (Fsp3) is 1.00. The summed E-state index contributed by atoms with van der Waals surface area (Å²) >= 11 is 0. The molecule has 0 heterocycles. The third kappa shape index (κ3) is 3.94. The molecule has 1 N–H and O–H groups in total. The lowest BCUT2D eigenvalue weighted by atomic mass is 9.81. The molecule has 0 radical (unpaired) electrons. The van der Waals surface area contributed by atoms with Gasteiger partial charge in [0.05, 0.1) is 12.7 Å².